The maximum absolute atomic E-state index is 12.0. The van der Waals surface area contributed by atoms with Crippen LogP contribution in [0.3, 0.4) is 0 Å². The standard InChI is InChI=1S/C20H30N8O3S/c21-12-32-18(4-2-16(27-32)19(23)25-13-26-32)17-3-1-15(31-17)11-30-20(29)24-7-10-28-8-5-14(22)6-9-28/h2,4,13-15,17,27H,1,3,5-11,22H2,(H,24,29)(H2,23,25,26)/t15-,17+/m0/s1. The summed E-state index contributed by atoms with van der Waals surface area (Å²) >= 11 is 0. The number of nitriles is 1. The van der Waals surface area contributed by atoms with Crippen LogP contribution in [0.25, 0.3) is 0 Å². The second-order valence-electron chi connectivity index (χ2n) is 8.21. The van der Waals surface area contributed by atoms with Gasteiger partial charge in [0.05, 0.1) is 17.9 Å². The van der Waals surface area contributed by atoms with Gasteiger partial charge in [0.1, 0.15) is 18.8 Å². The number of ether oxygens (including phenoxy) is 2. The number of fused-ring (bicyclic) bond motifs is 2. The Bertz CT molecular complexity index is 877. The van der Waals surface area contributed by atoms with E-state index in [2.05, 4.69) is 30.1 Å². The molecule has 1 unspecified atom stereocenters. The smallest absolute Gasteiger partial charge is 0.407 e. The van der Waals surface area contributed by atoms with E-state index >= 15 is 0 Å². The molecule has 0 radical (unpaired) electrons. The maximum atomic E-state index is 12.0. The molecule has 0 spiro atoms. The number of nitrogens with two attached hydrogens (primary N) is 1. The predicted molar refractivity (Wildman–Crippen MR) is 123 cm³/mol. The molecule has 32 heavy (non-hydrogen) atoms. The fourth-order valence-corrected chi connectivity index (χ4v) is 6.14. The number of nitrogens with one attached hydrogen (secondary N) is 4. The molecule has 2 saturated heterocycles. The van der Waals surface area contributed by atoms with Crippen LogP contribution in [0.5, 0.6) is 0 Å². The molecular weight excluding hydrogens is 432 g/mol. The van der Waals surface area contributed by atoms with Gasteiger partial charge in [0.15, 0.2) is 5.40 Å². The van der Waals surface area contributed by atoms with Crippen LogP contribution in [0.15, 0.2) is 27.2 Å². The highest BCUT2D eigenvalue weighted by molar-refractivity contribution is 8.38. The van der Waals surface area contributed by atoms with Crippen LogP contribution in [-0.4, -0.2) is 74.2 Å². The minimum Gasteiger partial charge on any atom is -0.447 e. The number of likely N-dealkylation sites (tertiary alicyclic amines) is 1. The van der Waals surface area contributed by atoms with Gasteiger partial charge in [0.25, 0.3) is 0 Å². The number of amidine groups is 1. The second kappa shape index (κ2) is 9.91. The number of hydrogen-bond acceptors (Lipinski definition) is 9. The van der Waals surface area contributed by atoms with Gasteiger partial charge >= 0.3 is 6.09 Å². The minimum atomic E-state index is -2.35. The number of hydrogen-bond donors (Lipinski definition) is 5. The van der Waals surface area contributed by atoms with Gasteiger partial charge in [-0.2, -0.15) is 9.66 Å². The summed E-state index contributed by atoms with van der Waals surface area (Å²) < 4.78 is 19.0. The molecule has 0 aliphatic carbocycles. The van der Waals surface area contributed by atoms with Crippen LogP contribution in [0.2, 0.25) is 0 Å². The molecule has 4 aliphatic rings. The van der Waals surface area contributed by atoms with Crippen molar-refractivity contribution in [3.8, 4) is 5.40 Å². The summed E-state index contributed by atoms with van der Waals surface area (Å²) in [5, 5.41) is 25.6. The van der Waals surface area contributed by atoms with Crippen LogP contribution in [-0.2, 0) is 9.47 Å². The Morgan fingerprint density at radius 1 is 1.41 bits per heavy atom. The molecule has 174 valence electrons. The van der Waals surface area contributed by atoms with Crippen LogP contribution in [0.1, 0.15) is 25.7 Å². The van der Waals surface area contributed by atoms with E-state index in [-0.39, 0.29) is 24.7 Å². The molecule has 4 heterocycles. The Hall–Kier alpha value is -2.59. The fourth-order valence-electron chi connectivity index (χ4n) is 4.13. The molecule has 0 aromatic rings. The second-order valence-corrected chi connectivity index (χ2v) is 10.4. The van der Waals surface area contributed by atoms with Gasteiger partial charge in [-0.15, -0.1) is 0 Å². The first-order valence-electron chi connectivity index (χ1n) is 10.9. The van der Waals surface area contributed by atoms with Gasteiger partial charge in [0, 0.05) is 34.4 Å². The molecule has 4 rings (SSSR count). The first kappa shape index (κ1) is 22.6. The first-order valence-corrected chi connectivity index (χ1v) is 12.4. The molecule has 2 bridgehead atoms. The van der Waals surface area contributed by atoms with Crippen LogP contribution < -0.4 is 21.1 Å². The third-order valence-corrected chi connectivity index (χ3v) is 8.27. The summed E-state index contributed by atoms with van der Waals surface area (Å²) in [6.45, 7) is 3.40. The Morgan fingerprint density at radius 3 is 3.00 bits per heavy atom. The lowest BCUT2D eigenvalue weighted by molar-refractivity contribution is 0.0198. The summed E-state index contributed by atoms with van der Waals surface area (Å²) in [4.78, 5) is 15.1. The normalized spacial score (nSPS) is 32.3. The average molecular weight is 463 g/mol. The zero-order valence-corrected chi connectivity index (χ0v) is 18.7. The van der Waals surface area contributed by atoms with Crippen molar-refractivity contribution in [1.82, 2.24) is 20.3 Å². The highest BCUT2D eigenvalue weighted by Gasteiger charge is 2.41. The largest absolute Gasteiger partial charge is 0.447 e. The molecule has 0 aromatic heterocycles. The zero-order chi connectivity index (χ0) is 22.6. The molecule has 6 N–H and O–H groups in total. The van der Waals surface area contributed by atoms with E-state index in [1.807, 2.05) is 6.08 Å². The van der Waals surface area contributed by atoms with Crippen LogP contribution >= 0.6 is 10.4 Å². The van der Waals surface area contributed by atoms with E-state index in [0.29, 0.717) is 24.7 Å². The van der Waals surface area contributed by atoms with E-state index in [0.717, 1.165) is 43.8 Å². The number of alkyl carbamates (subject to hydrolysis) is 1. The Labute approximate surface area is 189 Å². The summed E-state index contributed by atoms with van der Waals surface area (Å²) in [5.74, 6) is 0.169. The van der Waals surface area contributed by atoms with E-state index in [1.54, 1.807) is 6.08 Å². The zero-order valence-electron chi connectivity index (χ0n) is 17.9. The molecule has 1 amide bonds. The molecule has 3 atom stereocenters. The molecule has 12 heteroatoms. The Balaban J connectivity index is 1.23. The number of piperidine rings is 1. The van der Waals surface area contributed by atoms with E-state index < -0.39 is 16.5 Å². The van der Waals surface area contributed by atoms with Gasteiger partial charge in [-0.1, -0.05) is 0 Å². The molecule has 2 fully saturated rings. The van der Waals surface area contributed by atoms with Crippen molar-refractivity contribution in [2.24, 2.45) is 10.1 Å². The van der Waals surface area contributed by atoms with Gasteiger partial charge in [-0.25, -0.2) is 4.79 Å². The first-order chi connectivity index (χ1) is 15.5. The summed E-state index contributed by atoms with van der Waals surface area (Å²) in [6, 6.07) is 0.293. The van der Waals surface area contributed by atoms with Gasteiger partial charge < -0.3 is 35.5 Å². The SMILES string of the molecule is N#CS12N=CNC(=N)C(=CC=C1[C@H]1CC[C@@H](COC(=O)NCCN3CCC(N)CC3)O1)N2. The molecule has 11 nitrogen and oxygen atoms in total. The maximum Gasteiger partial charge on any atom is 0.407 e. The van der Waals surface area contributed by atoms with Crippen LogP contribution in [0, 0.1) is 16.1 Å². The Morgan fingerprint density at radius 2 is 2.22 bits per heavy atom. The van der Waals surface area contributed by atoms with Crippen LogP contribution in [0.4, 0.5) is 4.79 Å². The van der Waals surface area contributed by atoms with Crippen molar-refractivity contribution in [2.75, 3.05) is 32.8 Å². The van der Waals surface area contributed by atoms with E-state index in [4.69, 9.17) is 20.6 Å². The van der Waals surface area contributed by atoms with E-state index in [9.17, 15) is 10.1 Å². The number of allylic oxidation sites excluding steroid dienone is 2. The summed E-state index contributed by atoms with van der Waals surface area (Å²) in [7, 11) is -2.35. The number of thiocyanates is 1. The third kappa shape index (κ3) is 5.07. The van der Waals surface area contributed by atoms with Gasteiger partial charge in [-0.05, 0) is 50.9 Å². The predicted octanol–water partition coefficient (Wildman–Crippen LogP) is 0.779. The van der Waals surface area contributed by atoms with Gasteiger partial charge in [0.2, 0.25) is 0 Å². The number of rotatable bonds is 6. The lowest BCUT2D eigenvalue weighted by Crippen LogP contribution is -2.43. The van der Waals surface area contributed by atoms with Crippen molar-refractivity contribution in [1.29, 1.82) is 10.7 Å². The minimum absolute atomic E-state index is 0.160. The third-order valence-electron chi connectivity index (χ3n) is 5.99. The van der Waals surface area contributed by atoms with Crippen molar-refractivity contribution in [3.63, 3.8) is 0 Å². The number of amides is 1. The Kier molecular flexibility index (Phi) is 7.00. The molecule has 4 aliphatic heterocycles. The number of nitrogens with zero attached hydrogens (tertiary/aromatic N) is 3. The highest BCUT2D eigenvalue weighted by Crippen LogP contribution is 2.58. The number of carbonyl (C=O) groups is 1. The van der Waals surface area contributed by atoms with Crippen molar-refractivity contribution >= 4 is 28.7 Å². The number of carbonyl (C=O) groups excluding carboxylic acids is 1. The highest BCUT2D eigenvalue weighted by atomic mass is 32.3. The topological polar surface area (TPSA) is 161 Å². The van der Waals surface area contributed by atoms with Gasteiger partial charge in [-0.3, -0.25) is 5.41 Å². The molecule has 0 saturated carbocycles. The summed E-state index contributed by atoms with van der Waals surface area (Å²) in [6.07, 6.45) is 7.43. The molecular formula is C20H30N8O3S. The fraction of sp³-hybridized carbons (Fsp3) is 0.600. The van der Waals surface area contributed by atoms with Crippen molar-refractivity contribution < 1.29 is 14.3 Å². The quantitative estimate of drug-likeness (QED) is 0.362. The lowest BCUT2D eigenvalue weighted by Gasteiger charge is -2.36. The van der Waals surface area contributed by atoms with Crippen molar-refractivity contribution in [3.05, 3.63) is 22.8 Å². The summed E-state index contributed by atoms with van der Waals surface area (Å²) in [5.41, 5.74) is 6.44. The average Bonchev–Trinajstić information content (AvgIpc) is 3.22. The van der Waals surface area contributed by atoms with Crippen molar-refractivity contribution in [2.45, 2.75) is 43.9 Å². The lowest BCUT2D eigenvalue weighted by atomic mass is 10.1. The monoisotopic (exact) mass is 462 g/mol. The van der Waals surface area contributed by atoms with E-state index in [1.165, 1.54) is 6.34 Å². The molecule has 0 aromatic carbocycles.